The van der Waals surface area contributed by atoms with Crippen molar-refractivity contribution in [2.45, 2.75) is 18.9 Å². The minimum absolute atomic E-state index is 0.258. The minimum atomic E-state index is 0.258. The van der Waals surface area contributed by atoms with Gasteiger partial charge in [-0.25, -0.2) is 0 Å². The molecule has 1 aromatic carbocycles. The number of hydrogen-bond donors (Lipinski definition) is 0. The van der Waals surface area contributed by atoms with Crippen LogP contribution >= 0.6 is 11.6 Å². The van der Waals surface area contributed by atoms with Gasteiger partial charge < -0.3 is 9.80 Å². The molecule has 2 aliphatic heterocycles. The van der Waals surface area contributed by atoms with Crippen molar-refractivity contribution in [2.75, 3.05) is 52.9 Å². The topological polar surface area (TPSA) is 22.6 Å². The van der Waals surface area contributed by atoms with Gasteiger partial charge in [0.2, 0.25) is 0 Å². The highest BCUT2D eigenvalue weighted by Gasteiger charge is 2.29. The molecular formula is C22H29ClN4. The van der Waals surface area contributed by atoms with Crippen LogP contribution in [0.2, 0.25) is 5.02 Å². The summed E-state index contributed by atoms with van der Waals surface area (Å²) < 4.78 is 0. The minimum Gasteiger partial charge on any atom is -0.304 e. The summed E-state index contributed by atoms with van der Waals surface area (Å²) in [5.41, 5.74) is 3.85. The molecule has 2 aliphatic rings. The Morgan fingerprint density at radius 2 is 1.89 bits per heavy atom. The number of nitrogens with zero attached hydrogens (tertiary/aromatic N) is 4. The Hall–Kier alpha value is -1.46. The molecule has 0 saturated carbocycles. The van der Waals surface area contributed by atoms with Gasteiger partial charge in [0.15, 0.2) is 0 Å². The molecule has 0 bridgehead atoms. The summed E-state index contributed by atoms with van der Waals surface area (Å²) in [5, 5.41) is 0.806. The van der Waals surface area contributed by atoms with Gasteiger partial charge in [-0.1, -0.05) is 29.8 Å². The zero-order valence-corrected chi connectivity index (χ0v) is 16.9. The van der Waals surface area contributed by atoms with Crippen molar-refractivity contribution in [1.29, 1.82) is 0 Å². The molecule has 4 rings (SSSR count). The number of likely N-dealkylation sites (N-methyl/N-ethyl adjacent to an activating group) is 1. The molecule has 1 aromatic heterocycles. The van der Waals surface area contributed by atoms with Gasteiger partial charge in [0.25, 0.3) is 0 Å². The molecule has 1 saturated heterocycles. The summed E-state index contributed by atoms with van der Waals surface area (Å²) in [6, 6.07) is 12.9. The van der Waals surface area contributed by atoms with E-state index in [0.29, 0.717) is 0 Å². The van der Waals surface area contributed by atoms with Crippen molar-refractivity contribution < 1.29 is 0 Å². The second-order valence-corrected chi connectivity index (χ2v) is 8.22. The molecule has 0 spiro atoms. The van der Waals surface area contributed by atoms with Crippen LogP contribution in [0.4, 0.5) is 0 Å². The summed E-state index contributed by atoms with van der Waals surface area (Å²) >= 11 is 6.31. The van der Waals surface area contributed by atoms with Crippen LogP contribution in [0.25, 0.3) is 0 Å². The van der Waals surface area contributed by atoms with Gasteiger partial charge in [0.05, 0.1) is 6.04 Å². The molecule has 1 atom stereocenters. The van der Waals surface area contributed by atoms with Crippen LogP contribution < -0.4 is 0 Å². The van der Waals surface area contributed by atoms with Crippen molar-refractivity contribution in [1.82, 2.24) is 19.7 Å². The van der Waals surface area contributed by atoms with E-state index in [2.05, 4.69) is 57.1 Å². The van der Waals surface area contributed by atoms with Crippen molar-refractivity contribution in [3.63, 3.8) is 0 Å². The molecule has 1 fully saturated rings. The zero-order chi connectivity index (χ0) is 18.6. The fourth-order valence-corrected chi connectivity index (χ4v) is 4.56. The molecule has 0 amide bonds. The van der Waals surface area contributed by atoms with E-state index >= 15 is 0 Å². The number of rotatable bonds is 5. The third-order valence-electron chi connectivity index (χ3n) is 5.90. The Morgan fingerprint density at radius 1 is 1.04 bits per heavy atom. The fourth-order valence-electron chi connectivity index (χ4n) is 4.36. The van der Waals surface area contributed by atoms with E-state index in [4.69, 9.17) is 11.6 Å². The summed E-state index contributed by atoms with van der Waals surface area (Å²) in [7, 11) is 2.21. The highest BCUT2D eigenvalue weighted by molar-refractivity contribution is 6.30. The average molecular weight is 385 g/mol. The number of halogens is 1. The first kappa shape index (κ1) is 18.9. The van der Waals surface area contributed by atoms with Crippen LogP contribution in [-0.4, -0.2) is 72.5 Å². The van der Waals surface area contributed by atoms with Crippen molar-refractivity contribution in [2.24, 2.45) is 0 Å². The van der Waals surface area contributed by atoms with Crippen molar-refractivity contribution in [3.05, 3.63) is 64.4 Å². The maximum absolute atomic E-state index is 6.31. The van der Waals surface area contributed by atoms with Gasteiger partial charge >= 0.3 is 0 Å². The average Bonchev–Trinajstić information content (AvgIpc) is 2.69. The number of piperazine rings is 1. The smallest absolute Gasteiger partial charge is 0.0620 e. The van der Waals surface area contributed by atoms with E-state index in [1.807, 2.05) is 12.3 Å². The third-order valence-corrected chi connectivity index (χ3v) is 6.14. The number of benzene rings is 1. The molecule has 3 heterocycles. The number of aromatic nitrogens is 1. The first-order valence-corrected chi connectivity index (χ1v) is 10.4. The van der Waals surface area contributed by atoms with Crippen LogP contribution in [0.1, 0.15) is 29.3 Å². The summed E-state index contributed by atoms with van der Waals surface area (Å²) in [6.07, 6.45) is 4.15. The van der Waals surface area contributed by atoms with Crippen molar-refractivity contribution in [3.8, 4) is 0 Å². The van der Waals surface area contributed by atoms with E-state index in [1.165, 1.54) is 56.0 Å². The van der Waals surface area contributed by atoms with Crippen LogP contribution in [0.15, 0.2) is 42.6 Å². The molecule has 0 radical (unpaired) electrons. The van der Waals surface area contributed by atoms with Crippen LogP contribution in [-0.2, 0) is 6.42 Å². The lowest BCUT2D eigenvalue weighted by molar-refractivity contribution is 0.139. The predicted octanol–water partition coefficient (Wildman–Crippen LogP) is 3.32. The number of fused-ring (bicyclic) bond motifs is 1. The zero-order valence-electron chi connectivity index (χ0n) is 16.1. The Balaban J connectivity index is 1.47. The standard InChI is InChI=1S/C22H29ClN4/c1-25-13-15-26(16-14-25)10-4-11-27-12-8-21-20(7-3-9-24-21)22(27)18-5-2-6-19(23)17-18/h2-3,5-7,9,17,22H,4,8,10-16H2,1H3. The van der Waals surface area contributed by atoms with Gasteiger partial charge in [0.1, 0.15) is 0 Å². The fraction of sp³-hybridized carbons (Fsp3) is 0.500. The molecule has 144 valence electrons. The Labute approximate surface area is 167 Å². The third kappa shape index (κ3) is 4.52. The van der Waals surface area contributed by atoms with Gasteiger partial charge in [-0.15, -0.1) is 0 Å². The van der Waals surface area contributed by atoms with E-state index in [9.17, 15) is 0 Å². The Kier molecular flexibility index (Phi) is 6.08. The summed E-state index contributed by atoms with van der Waals surface area (Å²) in [4.78, 5) is 12.3. The monoisotopic (exact) mass is 384 g/mol. The second-order valence-electron chi connectivity index (χ2n) is 7.78. The molecule has 27 heavy (non-hydrogen) atoms. The first-order chi connectivity index (χ1) is 13.2. The van der Waals surface area contributed by atoms with Gasteiger partial charge in [-0.2, -0.15) is 0 Å². The lowest BCUT2D eigenvalue weighted by Crippen LogP contribution is -2.45. The first-order valence-electron chi connectivity index (χ1n) is 10.0. The Bertz CT molecular complexity index is 757. The van der Waals surface area contributed by atoms with E-state index in [1.54, 1.807) is 0 Å². The van der Waals surface area contributed by atoms with Crippen molar-refractivity contribution >= 4 is 11.6 Å². The predicted molar refractivity (Wildman–Crippen MR) is 111 cm³/mol. The van der Waals surface area contributed by atoms with E-state index in [0.717, 1.165) is 24.5 Å². The van der Waals surface area contributed by atoms with E-state index in [-0.39, 0.29) is 6.04 Å². The molecule has 2 aromatic rings. The highest BCUT2D eigenvalue weighted by Crippen LogP contribution is 2.35. The number of hydrogen-bond acceptors (Lipinski definition) is 4. The maximum atomic E-state index is 6.31. The van der Waals surface area contributed by atoms with Gasteiger partial charge in [0, 0.05) is 62.6 Å². The lowest BCUT2D eigenvalue weighted by atomic mass is 9.91. The maximum Gasteiger partial charge on any atom is 0.0620 e. The second kappa shape index (κ2) is 8.70. The van der Waals surface area contributed by atoms with Gasteiger partial charge in [-0.05, 0) is 49.3 Å². The van der Waals surface area contributed by atoms with E-state index < -0.39 is 0 Å². The molecular weight excluding hydrogens is 356 g/mol. The molecule has 0 N–H and O–H groups in total. The lowest BCUT2D eigenvalue weighted by Gasteiger charge is -2.38. The van der Waals surface area contributed by atoms with Crippen LogP contribution in [0, 0.1) is 0 Å². The van der Waals surface area contributed by atoms with Crippen LogP contribution in [0.3, 0.4) is 0 Å². The normalized spacial score (nSPS) is 21.9. The molecule has 4 nitrogen and oxygen atoms in total. The van der Waals surface area contributed by atoms with Crippen LogP contribution in [0.5, 0.6) is 0 Å². The number of pyridine rings is 1. The quantitative estimate of drug-likeness (QED) is 0.788. The molecule has 0 aliphatic carbocycles. The SMILES string of the molecule is CN1CCN(CCCN2CCc3ncccc3C2c2cccc(Cl)c2)CC1. The summed E-state index contributed by atoms with van der Waals surface area (Å²) in [6.45, 7) is 8.12. The summed E-state index contributed by atoms with van der Waals surface area (Å²) in [5.74, 6) is 0. The molecule has 1 unspecified atom stereocenters. The van der Waals surface area contributed by atoms with Gasteiger partial charge in [-0.3, -0.25) is 9.88 Å². The highest BCUT2D eigenvalue weighted by atomic mass is 35.5. The molecule has 5 heteroatoms. The Morgan fingerprint density at radius 3 is 2.70 bits per heavy atom. The largest absolute Gasteiger partial charge is 0.304 e.